The maximum Gasteiger partial charge on any atom is 0.224 e. The lowest BCUT2D eigenvalue weighted by atomic mass is 10.2. The van der Waals surface area contributed by atoms with Crippen molar-refractivity contribution in [1.29, 1.82) is 0 Å². The summed E-state index contributed by atoms with van der Waals surface area (Å²) in [6.45, 7) is 0.810. The summed E-state index contributed by atoms with van der Waals surface area (Å²) < 4.78 is 0. The maximum atomic E-state index is 8.87. The van der Waals surface area contributed by atoms with Gasteiger partial charge in [-0.3, -0.25) is 0 Å². The zero-order chi connectivity index (χ0) is 15.4. The van der Waals surface area contributed by atoms with Crippen molar-refractivity contribution in [3.8, 4) is 0 Å². The van der Waals surface area contributed by atoms with E-state index < -0.39 is 0 Å². The third-order valence-electron chi connectivity index (χ3n) is 3.46. The molecule has 2 aromatic rings. The fourth-order valence-electron chi connectivity index (χ4n) is 2.19. The molecule has 116 valence electrons. The molecule has 0 unspecified atom stereocenters. The number of rotatable bonds is 7. The Morgan fingerprint density at radius 1 is 1.23 bits per heavy atom. The summed E-state index contributed by atoms with van der Waals surface area (Å²) in [6, 6.07) is 9.54. The molecule has 0 atom stereocenters. The molecule has 0 aliphatic heterocycles. The third kappa shape index (κ3) is 4.08. The van der Waals surface area contributed by atoms with Gasteiger partial charge in [0, 0.05) is 35.8 Å². The molecule has 0 bridgehead atoms. The van der Waals surface area contributed by atoms with Crippen molar-refractivity contribution in [2.24, 2.45) is 0 Å². The second kappa shape index (κ2) is 6.94. The van der Waals surface area contributed by atoms with Crippen LogP contribution in [0.5, 0.6) is 0 Å². The van der Waals surface area contributed by atoms with Crippen molar-refractivity contribution in [3.05, 3.63) is 41.0 Å². The molecule has 0 saturated heterocycles. The Balaban J connectivity index is 1.79. The maximum absolute atomic E-state index is 8.87. The van der Waals surface area contributed by atoms with Gasteiger partial charge in [0.25, 0.3) is 0 Å². The van der Waals surface area contributed by atoms with Crippen molar-refractivity contribution >= 4 is 29.1 Å². The molecule has 1 saturated carbocycles. The van der Waals surface area contributed by atoms with Gasteiger partial charge in [-0.15, -0.1) is 0 Å². The Kier molecular flexibility index (Phi) is 4.75. The molecular weight excluding hydrogens is 300 g/mol. The molecule has 1 aromatic heterocycles. The van der Waals surface area contributed by atoms with E-state index in [1.54, 1.807) is 0 Å². The van der Waals surface area contributed by atoms with E-state index in [1.165, 1.54) is 12.8 Å². The monoisotopic (exact) mass is 318 g/mol. The summed E-state index contributed by atoms with van der Waals surface area (Å²) in [6.07, 6.45) is 3.04. The Morgan fingerprint density at radius 2 is 2.09 bits per heavy atom. The van der Waals surface area contributed by atoms with E-state index in [-0.39, 0.29) is 6.61 Å². The molecular formula is C16H19ClN4O. The largest absolute Gasteiger partial charge is 0.396 e. The summed E-state index contributed by atoms with van der Waals surface area (Å²) in [5.74, 6) is 1.90. The number of halogens is 1. The summed E-state index contributed by atoms with van der Waals surface area (Å²) in [4.78, 5) is 9.04. The van der Waals surface area contributed by atoms with Crippen LogP contribution in [0.4, 0.5) is 17.5 Å². The normalized spacial score (nSPS) is 13.9. The molecule has 3 rings (SSSR count). The zero-order valence-corrected chi connectivity index (χ0v) is 13.0. The van der Waals surface area contributed by atoms with Gasteiger partial charge in [-0.25, -0.2) is 4.98 Å². The Labute approximate surface area is 134 Å². The molecule has 0 spiro atoms. The van der Waals surface area contributed by atoms with Crippen LogP contribution >= 0.6 is 11.6 Å². The first-order chi connectivity index (χ1) is 10.7. The third-order valence-corrected chi connectivity index (χ3v) is 3.69. The van der Waals surface area contributed by atoms with Gasteiger partial charge in [0.05, 0.1) is 5.69 Å². The standard InChI is InChI=1S/C16H19ClN4O/c17-12-3-1-4-13(9-12)19-15-10-14(11-5-6-11)20-16(21-15)18-7-2-8-22/h1,3-4,9-11,22H,2,5-8H2,(H2,18,19,20,21). The highest BCUT2D eigenvalue weighted by Gasteiger charge is 2.26. The van der Waals surface area contributed by atoms with Crippen molar-refractivity contribution in [3.63, 3.8) is 0 Å². The lowest BCUT2D eigenvalue weighted by Gasteiger charge is -2.11. The van der Waals surface area contributed by atoms with Crippen molar-refractivity contribution in [2.45, 2.75) is 25.2 Å². The molecule has 5 nitrogen and oxygen atoms in total. The molecule has 0 amide bonds. The van der Waals surface area contributed by atoms with E-state index in [4.69, 9.17) is 16.7 Å². The van der Waals surface area contributed by atoms with E-state index >= 15 is 0 Å². The second-order valence-electron chi connectivity index (χ2n) is 5.42. The van der Waals surface area contributed by atoms with Gasteiger partial charge in [0.15, 0.2) is 0 Å². The number of aliphatic hydroxyl groups excluding tert-OH is 1. The minimum Gasteiger partial charge on any atom is -0.396 e. The van der Waals surface area contributed by atoms with Gasteiger partial charge < -0.3 is 15.7 Å². The quantitative estimate of drug-likeness (QED) is 0.681. The Bertz CT molecular complexity index is 646. The number of hydrogen-bond acceptors (Lipinski definition) is 5. The van der Waals surface area contributed by atoms with Crippen LogP contribution in [0, 0.1) is 0 Å². The van der Waals surface area contributed by atoms with Gasteiger partial charge in [0.2, 0.25) is 5.95 Å². The lowest BCUT2D eigenvalue weighted by Crippen LogP contribution is -2.09. The first-order valence-corrected chi connectivity index (χ1v) is 7.89. The zero-order valence-electron chi connectivity index (χ0n) is 12.2. The summed E-state index contributed by atoms with van der Waals surface area (Å²) in [5.41, 5.74) is 1.96. The number of aromatic nitrogens is 2. The smallest absolute Gasteiger partial charge is 0.224 e. The van der Waals surface area contributed by atoms with E-state index in [2.05, 4.69) is 20.6 Å². The molecule has 1 heterocycles. The predicted molar refractivity (Wildman–Crippen MR) is 88.9 cm³/mol. The van der Waals surface area contributed by atoms with E-state index in [0.717, 1.165) is 17.2 Å². The first kappa shape index (κ1) is 15.1. The molecule has 1 aliphatic carbocycles. The highest BCUT2D eigenvalue weighted by atomic mass is 35.5. The topological polar surface area (TPSA) is 70.1 Å². The number of hydrogen-bond donors (Lipinski definition) is 3. The SMILES string of the molecule is OCCCNc1nc(Nc2cccc(Cl)c2)cc(C2CC2)n1. The highest BCUT2D eigenvalue weighted by molar-refractivity contribution is 6.30. The van der Waals surface area contributed by atoms with Crippen LogP contribution in [-0.2, 0) is 0 Å². The van der Waals surface area contributed by atoms with Crippen LogP contribution in [0.3, 0.4) is 0 Å². The Morgan fingerprint density at radius 3 is 2.82 bits per heavy atom. The molecule has 0 radical (unpaired) electrons. The summed E-state index contributed by atoms with van der Waals surface area (Å²) in [5, 5.41) is 16.0. The highest BCUT2D eigenvalue weighted by Crippen LogP contribution is 2.40. The van der Waals surface area contributed by atoms with Crippen LogP contribution in [0.25, 0.3) is 0 Å². The van der Waals surface area contributed by atoms with Gasteiger partial charge in [0.1, 0.15) is 5.82 Å². The molecule has 6 heteroatoms. The second-order valence-corrected chi connectivity index (χ2v) is 5.85. The van der Waals surface area contributed by atoms with Crippen molar-refractivity contribution in [2.75, 3.05) is 23.8 Å². The van der Waals surface area contributed by atoms with Crippen LogP contribution < -0.4 is 10.6 Å². The number of anilines is 3. The summed E-state index contributed by atoms with van der Waals surface area (Å²) >= 11 is 6.01. The fraction of sp³-hybridized carbons (Fsp3) is 0.375. The number of aliphatic hydroxyl groups is 1. The van der Waals surface area contributed by atoms with Gasteiger partial charge in [-0.2, -0.15) is 4.98 Å². The van der Waals surface area contributed by atoms with E-state index in [0.29, 0.717) is 29.9 Å². The van der Waals surface area contributed by atoms with E-state index in [9.17, 15) is 0 Å². The minimum atomic E-state index is 0.156. The van der Waals surface area contributed by atoms with E-state index in [1.807, 2.05) is 30.3 Å². The average Bonchev–Trinajstić information content (AvgIpc) is 3.32. The van der Waals surface area contributed by atoms with Crippen LogP contribution in [0.2, 0.25) is 5.02 Å². The number of benzene rings is 1. The molecule has 3 N–H and O–H groups in total. The molecule has 22 heavy (non-hydrogen) atoms. The van der Waals surface area contributed by atoms with Crippen molar-refractivity contribution < 1.29 is 5.11 Å². The van der Waals surface area contributed by atoms with Gasteiger partial charge >= 0.3 is 0 Å². The van der Waals surface area contributed by atoms with Gasteiger partial charge in [-0.1, -0.05) is 17.7 Å². The Hall–Kier alpha value is -1.85. The predicted octanol–water partition coefficient (Wildman–Crippen LogP) is 3.55. The van der Waals surface area contributed by atoms with Crippen LogP contribution in [0.1, 0.15) is 30.9 Å². The van der Waals surface area contributed by atoms with Crippen molar-refractivity contribution in [1.82, 2.24) is 9.97 Å². The molecule has 1 fully saturated rings. The number of nitrogens with zero attached hydrogens (tertiary/aromatic N) is 2. The molecule has 1 aliphatic rings. The average molecular weight is 319 g/mol. The minimum absolute atomic E-state index is 0.156. The van der Waals surface area contributed by atoms with Crippen LogP contribution in [-0.4, -0.2) is 28.2 Å². The van der Waals surface area contributed by atoms with Crippen LogP contribution in [0.15, 0.2) is 30.3 Å². The lowest BCUT2D eigenvalue weighted by molar-refractivity contribution is 0.292. The first-order valence-electron chi connectivity index (χ1n) is 7.51. The van der Waals surface area contributed by atoms with Gasteiger partial charge in [-0.05, 0) is 37.5 Å². The fourth-order valence-corrected chi connectivity index (χ4v) is 2.38. The molecule has 1 aromatic carbocycles. The summed E-state index contributed by atoms with van der Waals surface area (Å²) in [7, 11) is 0. The number of nitrogens with one attached hydrogen (secondary N) is 2.